The molecule has 0 amide bonds. The maximum absolute atomic E-state index is 12.3. The smallest absolute Gasteiger partial charge is 0.172 e. The normalized spacial score (nSPS) is 13.6. The van der Waals surface area contributed by atoms with Crippen molar-refractivity contribution in [3.63, 3.8) is 0 Å². The van der Waals surface area contributed by atoms with Gasteiger partial charge in [0, 0.05) is 28.0 Å². The monoisotopic (exact) mass is 304 g/mol. The third-order valence-corrected chi connectivity index (χ3v) is 4.75. The highest BCUT2D eigenvalue weighted by Gasteiger charge is 2.24. The minimum Gasteiger partial charge on any atom is -0.508 e. The van der Waals surface area contributed by atoms with Crippen LogP contribution >= 0.6 is 24.4 Å². The SMILES string of the molecule is O=C1Cc2cc(CS)ccc2Sc2cc(O)cc(O)c21. The summed E-state index contributed by atoms with van der Waals surface area (Å²) >= 11 is 5.63. The van der Waals surface area contributed by atoms with Crippen molar-refractivity contribution < 1.29 is 15.0 Å². The van der Waals surface area contributed by atoms with E-state index in [-0.39, 0.29) is 29.3 Å². The van der Waals surface area contributed by atoms with Crippen LogP contribution < -0.4 is 0 Å². The Bertz CT molecular complexity index is 711. The van der Waals surface area contributed by atoms with Crippen LogP contribution in [0.25, 0.3) is 0 Å². The molecule has 0 saturated carbocycles. The molecule has 1 heterocycles. The second-order valence-electron chi connectivity index (χ2n) is 4.64. The fraction of sp³-hybridized carbons (Fsp3) is 0.133. The molecule has 2 aromatic rings. The van der Waals surface area contributed by atoms with E-state index >= 15 is 0 Å². The van der Waals surface area contributed by atoms with Gasteiger partial charge in [-0.2, -0.15) is 12.6 Å². The maximum Gasteiger partial charge on any atom is 0.172 e. The molecule has 0 unspecified atom stereocenters. The third kappa shape index (κ3) is 2.27. The summed E-state index contributed by atoms with van der Waals surface area (Å²) in [7, 11) is 0. The Morgan fingerprint density at radius 3 is 2.70 bits per heavy atom. The van der Waals surface area contributed by atoms with Crippen LogP contribution in [-0.2, 0) is 12.2 Å². The highest BCUT2D eigenvalue weighted by molar-refractivity contribution is 7.99. The number of rotatable bonds is 1. The van der Waals surface area contributed by atoms with Crippen molar-refractivity contribution in [3.05, 3.63) is 47.0 Å². The largest absolute Gasteiger partial charge is 0.508 e. The first kappa shape index (κ1) is 13.4. The Balaban J connectivity index is 2.16. The summed E-state index contributed by atoms with van der Waals surface area (Å²) in [6.45, 7) is 0. The Kier molecular flexibility index (Phi) is 3.40. The number of phenolic OH excluding ortho intramolecular Hbond substituents is 2. The van der Waals surface area contributed by atoms with Gasteiger partial charge < -0.3 is 10.2 Å². The van der Waals surface area contributed by atoms with Crippen molar-refractivity contribution in [2.45, 2.75) is 22.0 Å². The second kappa shape index (κ2) is 5.07. The van der Waals surface area contributed by atoms with Crippen molar-refractivity contribution in [2.75, 3.05) is 0 Å². The van der Waals surface area contributed by atoms with E-state index in [9.17, 15) is 15.0 Å². The number of thiol groups is 1. The number of hydrogen-bond donors (Lipinski definition) is 3. The molecule has 1 aliphatic heterocycles. The molecule has 0 bridgehead atoms. The first-order valence-corrected chi connectivity index (χ1v) is 7.53. The molecule has 0 radical (unpaired) electrons. The van der Waals surface area contributed by atoms with Gasteiger partial charge >= 0.3 is 0 Å². The number of benzene rings is 2. The van der Waals surface area contributed by atoms with E-state index in [1.54, 1.807) is 0 Å². The molecule has 0 aliphatic carbocycles. The molecule has 0 spiro atoms. The molecule has 3 nitrogen and oxygen atoms in total. The number of hydrogen-bond acceptors (Lipinski definition) is 5. The third-order valence-electron chi connectivity index (χ3n) is 3.22. The van der Waals surface area contributed by atoms with E-state index < -0.39 is 0 Å². The standard InChI is InChI=1S/C15H12O3S2/c16-10-5-12(18)15-11(17)4-9-3-8(7-19)1-2-13(9)20-14(15)6-10/h1-3,5-6,16,18-19H,4,7H2. The van der Waals surface area contributed by atoms with Gasteiger partial charge in [-0.1, -0.05) is 23.9 Å². The lowest BCUT2D eigenvalue weighted by Crippen LogP contribution is -2.04. The predicted octanol–water partition coefficient (Wildman–Crippen LogP) is 3.42. The van der Waals surface area contributed by atoms with Gasteiger partial charge in [0.05, 0.1) is 5.56 Å². The van der Waals surface area contributed by atoms with Crippen molar-refractivity contribution in [3.8, 4) is 11.5 Å². The van der Waals surface area contributed by atoms with E-state index in [0.717, 1.165) is 16.0 Å². The van der Waals surface area contributed by atoms with E-state index in [0.29, 0.717) is 10.6 Å². The van der Waals surface area contributed by atoms with Crippen LogP contribution in [0, 0.1) is 0 Å². The summed E-state index contributed by atoms with van der Waals surface area (Å²) < 4.78 is 0. The number of ketones is 1. The molecule has 0 atom stereocenters. The molecular formula is C15H12O3S2. The Hall–Kier alpha value is -1.59. The van der Waals surface area contributed by atoms with Crippen LogP contribution in [0.4, 0.5) is 0 Å². The molecule has 20 heavy (non-hydrogen) atoms. The molecule has 5 heteroatoms. The lowest BCUT2D eigenvalue weighted by Gasteiger charge is -2.07. The average molecular weight is 304 g/mol. The fourth-order valence-electron chi connectivity index (χ4n) is 2.30. The van der Waals surface area contributed by atoms with Crippen LogP contribution in [0.5, 0.6) is 11.5 Å². The summed E-state index contributed by atoms with van der Waals surface area (Å²) in [6, 6.07) is 8.60. The summed E-state index contributed by atoms with van der Waals surface area (Å²) in [5.41, 5.74) is 2.27. The van der Waals surface area contributed by atoms with E-state index in [4.69, 9.17) is 0 Å². The predicted molar refractivity (Wildman–Crippen MR) is 81.1 cm³/mol. The van der Waals surface area contributed by atoms with E-state index in [1.165, 1.54) is 23.9 Å². The molecule has 0 fully saturated rings. The molecule has 1 aliphatic rings. The summed E-state index contributed by atoms with van der Waals surface area (Å²) in [5, 5.41) is 19.5. The van der Waals surface area contributed by atoms with Crippen LogP contribution in [-0.4, -0.2) is 16.0 Å². The van der Waals surface area contributed by atoms with E-state index in [1.807, 2.05) is 18.2 Å². The fourth-order valence-corrected chi connectivity index (χ4v) is 3.63. The lowest BCUT2D eigenvalue weighted by molar-refractivity contribution is 0.0987. The van der Waals surface area contributed by atoms with Gasteiger partial charge in [0.25, 0.3) is 0 Å². The van der Waals surface area contributed by atoms with Gasteiger partial charge in [-0.3, -0.25) is 4.79 Å². The van der Waals surface area contributed by atoms with Crippen LogP contribution in [0.3, 0.4) is 0 Å². The molecule has 0 aromatic heterocycles. The highest BCUT2D eigenvalue weighted by atomic mass is 32.2. The summed E-state index contributed by atoms with van der Waals surface area (Å²) in [6.07, 6.45) is 0.245. The Morgan fingerprint density at radius 2 is 1.95 bits per heavy atom. The number of phenols is 2. The van der Waals surface area contributed by atoms with Crippen molar-refractivity contribution in [2.24, 2.45) is 0 Å². The molecule has 2 N–H and O–H groups in total. The molecule has 102 valence electrons. The van der Waals surface area contributed by atoms with Gasteiger partial charge in [0.2, 0.25) is 0 Å². The number of Topliss-reactive ketones (excluding diaryl/α,β-unsaturated/α-hetero) is 1. The van der Waals surface area contributed by atoms with E-state index in [2.05, 4.69) is 12.6 Å². The van der Waals surface area contributed by atoms with Crippen molar-refractivity contribution in [1.82, 2.24) is 0 Å². The van der Waals surface area contributed by atoms with Crippen LogP contribution in [0.15, 0.2) is 40.1 Å². The van der Waals surface area contributed by atoms with Gasteiger partial charge in [-0.05, 0) is 23.3 Å². The number of fused-ring (bicyclic) bond motifs is 2. The van der Waals surface area contributed by atoms with Crippen LogP contribution in [0.1, 0.15) is 21.5 Å². The molecular weight excluding hydrogens is 292 g/mol. The average Bonchev–Trinajstić information content (AvgIpc) is 2.52. The van der Waals surface area contributed by atoms with Crippen molar-refractivity contribution >= 4 is 30.2 Å². The Labute approximate surface area is 126 Å². The van der Waals surface area contributed by atoms with Crippen molar-refractivity contribution in [1.29, 1.82) is 0 Å². The zero-order valence-electron chi connectivity index (χ0n) is 10.5. The molecule has 0 saturated heterocycles. The highest BCUT2D eigenvalue weighted by Crippen LogP contribution is 2.42. The van der Waals surface area contributed by atoms with Gasteiger partial charge in [0.1, 0.15) is 11.5 Å². The number of carbonyl (C=O) groups excluding carboxylic acids is 1. The quantitative estimate of drug-likeness (QED) is 0.707. The van der Waals surface area contributed by atoms with Gasteiger partial charge in [0.15, 0.2) is 5.78 Å². The lowest BCUT2D eigenvalue weighted by atomic mass is 10.0. The Morgan fingerprint density at radius 1 is 1.15 bits per heavy atom. The zero-order valence-corrected chi connectivity index (χ0v) is 12.2. The topological polar surface area (TPSA) is 57.5 Å². The number of carbonyl (C=O) groups is 1. The first-order valence-electron chi connectivity index (χ1n) is 6.08. The first-order chi connectivity index (χ1) is 9.58. The minimum atomic E-state index is -0.167. The summed E-state index contributed by atoms with van der Waals surface area (Å²) in [4.78, 5) is 13.9. The summed E-state index contributed by atoms with van der Waals surface area (Å²) in [5.74, 6) is 0.266. The van der Waals surface area contributed by atoms with Gasteiger partial charge in [-0.15, -0.1) is 0 Å². The molecule has 2 aromatic carbocycles. The maximum atomic E-state index is 12.3. The minimum absolute atomic E-state index is 0.0445. The second-order valence-corrected chi connectivity index (χ2v) is 6.04. The van der Waals surface area contributed by atoms with Crippen LogP contribution in [0.2, 0.25) is 0 Å². The number of aromatic hydroxyl groups is 2. The van der Waals surface area contributed by atoms with Gasteiger partial charge in [-0.25, -0.2) is 0 Å². The molecule has 3 rings (SSSR count). The zero-order chi connectivity index (χ0) is 14.3.